The van der Waals surface area contributed by atoms with Gasteiger partial charge in [0.05, 0.1) is 12.1 Å². The third-order valence-corrected chi connectivity index (χ3v) is 5.77. The molecule has 1 saturated carbocycles. The SMILES string of the molecule is COC1(OC)[NH+]=C(N)[C@@]2(C#N)[C@H](c3ccc(SC)cc3)[C@@]12C#N. The van der Waals surface area contributed by atoms with Gasteiger partial charge in [0.1, 0.15) is 0 Å². The highest BCUT2D eigenvalue weighted by Crippen LogP contribution is 2.78. The standard InChI is InChI=1S/C16H16N4O2S/c1-21-16(22-2)15(9-18)12(14(15,8-17)13(19)20-16)10-4-6-11(23-3)7-5-10/h4-7,12H,1-3H3,(H2,19,20)/p+1/t12-,14+,15+/m0/s1. The van der Waals surface area contributed by atoms with Crippen LogP contribution in [0.1, 0.15) is 11.5 Å². The maximum absolute atomic E-state index is 9.94. The summed E-state index contributed by atoms with van der Waals surface area (Å²) in [4.78, 5) is 3.98. The largest absolute Gasteiger partial charge is 0.342 e. The van der Waals surface area contributed by atoms with E-state index in [4.69, 9.17) is 15.2 Å². The van der Waals surface area contributed by atoms with E-state index in [9.17, 15) is 10.5 Å². The Hall–Kier alpha value is -2.06. The Balaban J connectivity index is 2.18. The number of nitrogens with zero attached hydrogens (tertiary/aromatic N) is 2. The van der Waals surface area contributed by atoms with Gasteiger partial charge in [0.25, 0.3) is 5.84 Å². The predicted molar refractivity (Wildman–Crippen MR) is 84.0 cm³/mol. The van der Waals surface area contributed by atoms with Crippen LogP contribution in [0.2, 0.25) is 0 Å². The molecule has 1 aromatic carbocycles. The van der Waals surface area contributed by atoms with Gasteiger partial charge < -0.3 is 9.47 Å². The van der Waals surface area contributed by atoms with Gasteiger partial charge in [0.2, 0.25) is 0 Å². The molecule has 3 rings (SSSR count). The van der Waals surface area contributed by atoms with Gasteiger partial charge in [0.15, 0.2) is 10.8 Å². The summed E-state index contributed by atoms with van der Waals surface area (Å²) in [5.41, 5.74) is 4.57. The molecule has 1 aliphatic carbocycles. The molecule has 118 valence electrons. The van der Waals surface area contributed by atoms with E-state index in [0.29, 0.717) is 0 Å². The number of nitriles is 2. The van der Waals surface area contributed by atoms with Crippen LogP contribution in [-0.4, -0.2) is 32.2 Å². The Morgan fingerprint density at radius 1 is 1.17 bits per heavy atom. The second kappa shape index (κ2) is 4.97. The number of rotatable bonds is 4. The fraction of sp³-hybridized carbons (Fsp3) is 0.438. The van der Waals surface area contributed by atoms with E-state index in [1.165, 1.54) is 14.2 Å². The summed E-state index contributed by atoms with van der Waals surface area (Å²) in [6.45, 7) is 0. The number of methoxy groups -OCH3 is 2. The molecule has 0 radical (unpaired) electrons. The molecule has 1 heterocycles. The van der Waals surface area contributed by atoms with Crippen molar-refractivity contribution in [3.05, 3.63) is 29.8 Å². The minimum Gasteiger partial charge on any atom is -0.317 e. The number of hydrogen-bond acceptors (Lipinski definition) is 6. The van der Waals surface area contributed by atoms with E-state index in [1.54, 1.807) is 11.8 Å². The molecule has 6 nitrogen and oxygen atoms in total. The maximum Gasteiger partial charge on any atom is 0.342 e. The molecule has 3 N–H and O–H groups in total. The molecule has 0 unspecified atom stereocenters. The van der Waals surface area contributed by atoms with Gasteiger partial charge in [-0.3, -0.25) is 5.73 Å². The first-order chi connectivity index (χ1) is 11.0. The van der Waals surface area contributed by atoms with Crippen LogP contribution in [-0.2, 0) is 9.47 Å². The number of thioether (sulfide) groups is 1. The normalized spacial score (nSPS) is 33.3. The molecule has 2 aliphatic rings. The smallest absolute Gasteiger partial charge is 0.317 e. The van der Waals surface area contributed by atoms with Crippen LogP contribution < -0.4 is 10.7 Å². The van der Waals surface area contributed by atoms with Gasteiger partial charge in [-0.1, -0.05) is 12.1 Å². The van der Waals surface area contributed by atoms with Crippen LogP contribution in [0, 0.1) is 33.5 Å². The molecule has 0 spiro atoms. The third kappa shape index (κ3) is 1.52. The summed E-state index contributed by atoms with van der Waals surface area (Å²) in [6.07, 6.45) is 1.99. The summed E-state index contributed by atoms with van der Waals surface area (Å²) in [6, 6.07) is 12.3. The summed E-state index contributed by atoms with van der Waals surface area (Å²) in [5, 5.41) is 19.8. The Bertz CT molecular complexity index is 760. The van der Waals surface area contributed by atoms with Crippen molar-refractivity contribution in [3.63, 3.8) is 0 Å². The van der Waals surface area contributed by atoms with Crippen LogP contribution in [0.3, 0.4) is 0 Å². The highest BCUT2D eigenvalue weighted by molar-refractivity contribution is 7.98. The van der Waals surface area contributed by atoms with Gasteiger partial charge in [-0.2, -0.15) is 10.5 Å². The summed E-state index contributed by atoms with van der Waals surface area (Å²) >= 11 is 1.63. The lowest BCUT2D eigenvalue weighted by Crippen LogP contribution is -2.90. The first-order valence-corrected chi connectivity index (χ1v) is 8.24. The molecule has 7 heteroatoms. The Morgan fingerprint density at radius 3 is 2.22 bits per heavy atom. The number of nitrogens with one attached hydrogen (secondary N) is 1. The Labute approximate surface area is 138 Å². The van der Waals surface area contributed by atoms with Gasteiger partial charge in [-0.15, -0.1) is 11.8 Å². The van der Waals surface area contributed by atoms with E-state index in [0.717, 1.165) is 10.5 Å². The first-order valence-electron chi connectivity index (χ1n) is 7.01. The maximum atomic E-state index is 9.94. The molecule has 0 amide bonds. The zero-order valence-electron chi connectivity index (χ0n) is 13.1. The van der Waals surface area contributed by atoms with E-state index < -0.39 is 22.7 Å². The summed E-state index contributed by atoms with van der Waals surface area (Å²) in [7, 11) is 2.87. The molecule has 23 heavy (non-hydrogen) atoms. The average Bonchev–Trinajstić information content (AvgIpc) is 3.17. The predicted octanol–water partition coefficient (Wildman–Crippen LogP) is -0.0763. The molecular weight excluding hydrogens is 312 g/mol. The number of benzene rings is 1. The van der Waals surface area contributed by atoms with Crippen LogP contribution in [0.15, 0.2) is 29.2 Å². The van der Waals surface area contributed by atoms with Gasteiger partial charge in [-0.05, 0) is 24.0 Å². The Morgan fingerprint density at radius 2 is 1.78 bits per heavy atom. The van der Waals surface area contributed by atoms with Crippen molar-refractivity contribution >= 4 is 17.6 Å². The van der Waals surface area contributed by atoms with E-state index in [2.05, 4.69) is 17.1 Å². The number of hydrogen-bond donors (Lipinski definition) is 2. The summed E-state index contributed by atoms with van der Waals surface area (Å²) < 4.78 is 11.0. The van der Waals surface area contributed by atoms with Crippen molar-refractivity contribution in [2.24, 2.45) is 16.6 Å². The summed E-state index contributed by atoms with van der Waals surface area (Å²) in [5.74, 6) is -1.64. The van der Waals surface area contributed by atoms with Crippen LogP contribution in [0.4, 0.5) is 0 Å². The van der Waals surface area contributed by atoms with Crippen LogP contribution in [0.25, 0.3) is 0 Å². The van der Waals surface area contributed by atoms with E-state index in [-0.39, 0.29) is 5.84 Å². The van der Waals surface area contributed by atoms with Crippen LogP contribution in [0.5, 0.6) is 0 Å². The number of nitrogens with two attached hydrogens (primary N) is 1. The molecule has 1 aromatic rings. The molecule has 0 bridgehead atoms. The number of fused-ring (bicyclic) bond motifs is 1. The van der Waals surface area contributed by atoms with Crippen LogP contribution >= 0.6 is 11.8 Å². The van der Waals surface area contributed by atoms with Gasteiger partial charge >= 0.3 is 5.91 Å². The number of ether oxygens (including phenoxy) is 2. The third-order valence-electron chi connectivity index (χ3n) is 5.02. The topological polar surface area (TPSA) is 106 Å². The molecule has 1 aliphatic heterocycles. The van der Waals surface area contributed by atoms with Gasteiger partial charge in [-0.25, -0.2) is 4.99 Å². The molecule has 1 fully saturated rings. The zero-order chi connectivity index (χ0) is 16.9. The lowest BCUT2D eigenvalue weighted by atomic mass is 9.93. The number of amidine groups is 1. The minimum absolute atomic E-state index is 0.212. The minimum atomic E-state index is -1.44. The van der Waals surface area contributed by atoms with E-state index >= 15 is 0 Å². The van der Waals surface area contributed by atoms with Crippen molar-refractivity contribution in [1.29, 1.82) is 10.5 Å². The van der Waals surface area contributed by atoms with Gasteiger partial charge in [0, 0.05) is 25.0 Å². The van der Waals surface area contributed by atoms with Crippen molar-refractivity contribution in [3.8, 4) is 12.1 Å². The lowest BCUT2D eigenvalue weighted by molar-refractivity contribution is -0.687. The highest BCUT2D eigenvalue weighted by atomic mass is 32.2. The van der Waals surface area contributed by atoms with E-state index in [1.807, 2.05) is 30.5 Å². The van der Waals surface area contributed by atoms with Crippen molar-refractivity contribution in [2.75, 3.05) is 20.5 Å². The molecular formula is C16H17N4O2S+. The van der Waals surface area contributed by atoms with Crippen molar-refractivity contribution in [2.45, 2.75) is 16.7 Å². The highest BCUT2D eigenvalue weighted by Gasteiger charge is 2.96. The first kappa shape index (κ1) is 15.8. The van der Waals surface area contributed by atoms with Crippen molar-refractivity contribution in [1.82, 2.24) is 0 Å². The second-order valence-corrected chi connectivity index (χ2v) is 6.49. The quantitative estimate of drug-likeness (QED) is 0.591. The molecule has 0 saturated heterocycles. The monoisotopic (exact) mass is 329 g/mol. The lowest BCUT2D eigenvalue weighted by Gasteiger charge is -2.26. The van der Waals surface area contributed by atoms with Crippen molar-refractivity contribution < 1.29 is 14.5 Å². The molecule has 0 aromatic heterocycles. The Kier molecular flexibility index (Phi) is 3.42. The zero-order valence-corrected chi connectivity index (χ0v) is 13.9. The fourth-order valence-electron chi connectivity index (χ4n) is 3.91. The average molecular weight is 329 g/mol. The molecule has 3 atom stereocenters. The second-order valence-electron chi connectivity index (χ2n) is 5.61. The fourth-order valence-corrected chi connectivity index (χ4v) is 4.32.